The van der Waals surface area contributed by atoms with E-state index in [4.69, 9.17) is 16.7 Å². The zero-order chi connectivity index (χ0) is 7.28. The molecular formula is C3H5ClN2O3. The molecule has 0 fully saturated rings. The van der Waals surface area contributed by atoms with E-state index >= 15 is 0 Å². The van der Waals surface area contributed by atoms with E-state index in [1.54, 1.807) is 0 Å². The number of carboxylic acid groups (broad SMARTS) is 1. The van der Waals surface area contributed by atoms with Crippen molar-refractivity contribution in [2.24, 2.45) is 5.29 Å². The zero-order valence-corrected chi connectivity index (χ0v) is 5.21. The number of carbonyl (C=O) groups is 1. The maximum Gasteiger partial charge on any atom is 0.430 e. The molecule has 0 aromatic rings. The Kier molecular flexibility index (Phi) is 3.70. The molecule has 0 aliphatic carbocycles. The van der Waals surface area contributed by atoms with Gasteiger partial charge in [-0.2, -0.15) is 5.01 Å². The van der Waals surface area contributed by atoms with Crippen LogP contribution < -0.4 is 0 Å². The highest BCUT2D eigenvalue weighted by molar-refractivity contribution is 6.18. The van der Waals surface area contributed by atoms with Crippen LogP contribution in [0.4, 0.5) is 4.79 Å². The molecule has 0 heterocycles. The van der Waals surface area contributed by atoms with Gasteiger partial charge in [-0.15, -0.1) is 16.5 Å². The first-order valence-corrected chi connectivity index (χ1v) is 2.65. The summed E-state index contributed by atoms with van der Waals surface area (Å²) in [5.41, 5.74) is 0. The molecule has 0 saturated carbocycles. The molecule has 0 unspecified atom stereocenters. The van der Waals surface area contributed by atoms with E-state index in [0.29, 0.717) is 5.01 Å². The SMILES string of the molecule is O=NN(CCCl)C(=O)O. The second-order valence-corrected chi connectivity index (χ2v) is 1.55. The third-order valence-electron chi connectivity index (χ3n) is 0.616. The molecule has 0 aliphatic rings. The Hall–Kier alpha value is -0.840. The van der Waals surface area contributed by atoms with Crippen LogP contribution in [0.5, 0.6) is 0 Å². The van der Waals surface area contributed by atoms with Crippen LogP contribution in [0.2, 0.25) is 0 Å². The minimum Gasteiger partial charge on any atom is -0.464 e. The molecule has 52 valence electrons. The molecule has 0 rings (SSSR count). The fourth-order valence-corrected chi connectivity index (χ4v) is 0.412. The Morgan fingerprint density at radius 3 is 2.44 bits per heavy atom. The predicted octanol–water partition coefficient (Wildman–Crippen LogP) is 0.887. The van der Waals surface area contributed by atoms with Crippen molar-refractivity contribution < 1.29 is 9.90 Å². The Bertz CT molecular complexity index is 118. The van der Waals surface area contributed by atoms with Crippen LogP contribution in [0.1, 0.15) is 0 Å². The van der Waals surface area contributed by atoms with E-state index in [9.17, 15) is 9.70 Å². The monoisotopic (exact) mass is 152 g/mol. The van der Waals surface area contributed by atoms with Gasteiger partial charge >= 0.3 is 6.09 Å². The summed E-state index contributed by atoms with van der Waals surface area (Å²) in [6.07, 6.45) is -1.38. The lowest BCUT2D eigenvalue weighted by atomic mass is 10.7. The van der Waals surface area contributed by atoms with Crippen molar-refractivity contribution in [1.82, 2.24) is 5.01 Å². The first-order valence-electron chi connectivity index (χ1n) is 2.12. The van der Waals surface area contributed by atoms with Crippen LogP contribution >= 0.6 is 11.6 Å². The molecule has 9 heavy (non-hydrogen) atoms. The number of rotatable bonds is 3. The van der Waals surface area contributed by atoms with E-state index in [1.807, 2.05) is 0 Å². The fourth-order valence-electron chi connectivity index (χ4n) is 0.251. The van der Waals surface area contributed by atoms with E-state index < -0.39 is 6.09 Å². The number of hydrogen-bond acceptors (Lipinski definition) is 3. The molecule has 0 aromatic carbocycles. The van der Waals surface area contributed by atoms with Gasteiger partial charge in [-0.3, -0.25) is 0 Å². The number of amides is 1. The van der Waals surface area contributed by atoms with E-state index in [0.717, 1.165) is 0 Å². The first-order chi connectivity index (χ1) is 4.22. The fraction of sp³-hybridized carbons (Fsp3) is 0.667. The minimum absolute atomic E-state index is 0.0675. The highest BCUT2D eigenvalue weighted by Crippen LogP contribution is 1.89. The highest BCUT2D eigenvalue weighted by Gasteiger charge is 2.08. The Morgan fingerprint density at radius 1 is 1.78 bits per heavy atom. The summed E-state index contributed by atoms with van der Waals surface area (Å²) in [6, 6.07) is 0. The van der Waals surface area contributed by atoms with Crippen molar-refractivity contribution in [3.8, 4) is 0 Å². The first kappa shape index (κ1) is 8.16. The second kappa shape index (κ2) is 4.08. The molecule has 1 amide bonds. The molecule has 0 spiro atoms. The Balaban J connectivity index is 3.68. The van der Waals surface area contributed by atoms with Crippen LogP contribution in [0.3, 0.4) is 0 Å². The summed E-state index contributed by atoms with van der Waals surface area (Å²) in [5.74, 6) is 0.0675. The van der Waals surface area contributed by atoms with Crippen LogP contribution in [-0.2, 0) is 0 Å². The number of halogens is 1. The third kappa shape index (κ3) is 2.86. The molecule has 6 heteroatoms. The average molecular weight is 153 g/mol. The summed E-state index contributed by atoms with van der Waals surface area (Å²) in [6.45, 7) is -0.0691. The molecule has 0 bridgehead atoms. The third-order valence-corrected chi connectivity index (χ3v) is 0.785. The van der Waals surface area contributed by atoms with E-state index in [2.05, 4.69) is 5.29 Å². The molecule has 1 N–H and O–H groups in total. The zero-order valence-electron chi connectivity index (χ0n) is 4.45. The molecule has 0 atom stereocenters. The van der Waals surface area contributed by atoms with Gasteiger partial charge in [-0.25, -0.2) is 4.79 Å². The van der Waals surface area contributed by atoms with Gasteiger partial charge in [0.15, 0.2) is 0 Å². The molecule has 0 radical (unpaired) electrons. The van der Waals surface area contributed by atoms with Gasteiger partial charge in [0, 0.05) is 5.88 Å². The van der Waals surface area contributed by atoms with Crippen molar-refractivity contribution in [1.29, 1.82) is 0 Å². The van der Waals surface area contributed by atoms with Crippen molar-refractivity contribution >= 4 is 17.7 Å². The Labute approximate surface area is 56.2 Å². The molecule has 5 nitrogen and oxygen atoms in total. The topological polar surface area (TPSA) is 70.0 Å². The molecule has 0 saturated heterocycles. The largest absolute Gasteiger partial charge is 0.464 e. The van der Waals surface area contributed by atoms with Gasteiger partial charge in [0.25, 0.3) is 0 Å². The number of nitrogens with zero attached hydrogens (tertiary/aromatic N) is 2. The lowest BCUT2D eigenvalue weighted by Gasteiger charge is -2.03. The summed E-state index contributed by atoms with van der Waals surface area (Å²) < 4.78 is 0. The van der Waals surface area contributed by atoms with Crippen LogP contribution in [0.25, 0.3) is 0 Å². The number of alkyl halides is 1. The van der Waals surface area contributed by atoms with Gasteiger partial charge in [0.1, 0.15) is 0 Å². The quantitative estimate of drug-likeness (QED) is 0.371. The lowest BCUT2D eigenvalue weighted by Crippen LogP contribution is -2.24. The second-order valence-electron chi connectivity index (χ2n) is 1.18. The normalized spacial score (nSPS) is 8.56. The molecule has 0 aromatic heterocycles. The minimum atomic E-state index is -1.38. The highest BCUT2D eigenvalue weighted by atomic mass is 35.5. The van der Waals surface area contributed by atoms with Gasteiger partial charge in [-0.05, 0) is 0 Å². The average Bonchev–Trinajstić information content (AvgIpc) is 1.82. The number of hydrogen-bond donors (Lipinski definition) is 1. The van der Waals surface area contributed by atoms with Gasteiger partial charge < -0.3 is 5.11 Å². The van der Waals surface area contributed by atoms with Crippen molar-refractivity contribution in [2.45, 2.75) is 0 Å². The van der Waals surface area contributed by atoms with Gasteiger partial charge in [-0.1, -0.05) is 0 Å². The van der Waals surface area contributed by atoms with Crippen molar-refractivity contribution in [3.63, 3.8) is 0 Å². The van der Waals surface area contributed by atoms with Crippen LogP contribution in [0, 0.1) is 4.91 Å². The number of nitroso groups, excluding NO2 is 1. The molecular weight excluding hydrogens is 147 g/mol. The van der Waals surface area contributed by atoms with E-state index in [-0.39, 0.29) is 12.4 Å². The summed E-state index contributed by atoms with van der Waals surface area (Å²) in [5, 5.41) is 10.6. The van der Waals surface area contributed by atoms with Gasteiger partial charge in [0.2, 0.25) is 0 Å². The predicted molar refractivity (Wildman–Crippen MR) is 31.2 cm³/mol. The lowest BCUT2D eigenvalue weighted by molar-refractivity contribution is 0.149. The van der Waals surface area contributed by atoms with Crippen molar-refractivity contribution in [3.05, 3.63) is 4.91 Å². The van der Waals surface area contributed by atoms with Crippen molar-refractivity contribution in [2.75, 3.05) is 12.4 Å². The summed E-state index contributed by atoms with van der Waals surface area (Å²) in [4.78, 5) is 19.5. The van der Waals surface area contributed by atoms with Crippen LogP contribution in [0.15, 0.2) is 5.29 Å². The molecule has 0 aliphatic heterocycles. The Morgan fingerprint density at radius 2 is 2.33 bits per heavy atom. The van der Waals surface area contributed by atoms with Crippen LogP contribution in [-0.4, -0.2) is 28.6 Å². The summed E-state index contributed by atoms with van der Waals surface area (Å²) in [7, 11) is 0. The maximum absolute atomic E-state index is 9.89. The maximum atomic E-state index is 9.89. The van der Waals surface area contributed by atoms with E-state index in [1.165, 1.54) is 0 Å². The summed E-state index contributed by atoms with van der Waals surface area (Å²) >= 11 is 5.12. The van der Waals surface area contributed by atoms with Gasteiger partial charge in [0.05, 0.1) is 11.8 Å². The smallest absolute Gasteiger partial charge is 0.430 e. The standard InChI is InChI=1S/C3H5ClN2O3/c4-1-2-6(5-9)3(7)8/h1-2H2,(H,7,8).